The highest BCUT2D eigenvalue weighted by Gasteiger charge is 2.32. The zero-order valence-electron chi connectivity index (χ0n) is 11.6. The molecule has 2 rings (SSSR count). The van der Waals surface area contributed by atoms with Gasteiger partial charge in [0, 0.05) is 13.1 Å². The lowest BCUT2D eigenvalue weighted by atomic mass is 10.0. The second-order valence-electron chi connectivity index (χ2n) is 5.17. The van der Waals surface area contributed by atoms with Crippen molar-refractivity contribution < 1.29 is 22.7 Å². The highest BCUT2D eigenvalue weighted by atomic mass is 19.4. The molecule has 1 aliphatic rings. The molecule has 1 heterocycles. The summed E-state index contributed by atoms with van der Waals surface area (Å²) in [5.41, 5.74) is 0.0121. The van der Waals surface area contributed by atoms with E-state index in [4.69, 9.17) is 0 Å². The first-order valence-corrected chi connectivity index (χ1v) is 6.76. The molecule has 1 aromatic carbocycles. The molecule has 116 valence electrons. The monoisotopic (exact) mass is 302 g/mol. The summed E-state index contributed by atoms with van der Waals surface area (Å²) in [6.07, 6.45) is -2.84. The van der Waals surface area contributed by atoms with Gasteiger partial charge in [0.1, 0.15) is 0 Å². The number of para-hydroxylation sites is 2. The molecular weight excluding hydrogens is 285 g/mol. The number of likely N-dealkylation sites (tertiary alicyclic amines) is 1. The van der Waals surface area contributed by atoms with E-state index in [0.29, 0.717) is 19.0 Å². The molecule has 1 fully saturated rings. The van der Waals surface area contributed by atoms with Gasteiger partial charge in [-0.05, 0) is 30.9 Å². The predicted molar refractivity (Wildman–Crippen MR) is 72.1 cm³/mol. The summed E-state index contributed by atoms with van der Waals surface area (Å²) in [6, 6.07) is 5.10. The number of nitrogens with one attached hydrogen (secondary N) is 1. The molecule has 1 aliphatic heterocycles. The number of anilines is 1. The van der Waals surface area contributed by atoms with Gasteiger partial charge in [-0.2, -0.15) is 0 Å². The smallest absolute Gasteiger partial charge is 0.404 e. The molecule has 1 N–H and O–H groups in total. The number of alkyl halides is 3. The van der Waals surface area contributed by atoms with Gasteiger partial charge >= 0.3 is 12.4 Å². The summed E-state index contributed by atoms with van der Waals surface area (Å²) < 4.78 is 40.9. The lowest BCUT2D eigenvalue weighted by Crippen LogP contribution is -2.41. The first-order valence-electron chi connectivity index (χ1n) is 6.76. The Balaban J connectivity index is 2.07. The fourth-order valence-corrected chi connectivity index (χ4v) is 2.35. The number of carbonyl (C=O) groups is 1. The van der Waals surface area contributed by atoms with Crippen LogP contribution < -0.4 is 10.1 Å². The van der Waals surface area contributed by atoms with Gasteiger partial charge in [0.25, 0.3) is 0 Å². The van der Waals surface area contributed by atoms with Crippen LogP contribution in [0.5, 0.6) is 5.75 Å². The van der Waals surface area contributed by atoms with Crippen molar-refractivity contribution in [2.45, 2.75) is 26.1 Å². The Labute approximate surface area is 120 Å². The lowest BCUT2D eigenvalue weighted by Gasteiger charge is -2.31. The van der Waals surface area contributed by atoms with Crippen molar-refractivity contribution >= 4 is 11.7 Å². The van der Waals surface area contributed by atoms with Gasteiger partial charge in [0.15, 0.2) is 5.75 Å². The number of urea groups is 1. The van der Waals surface area contributed by atoms with Gasteiger partial charge in [-0.15, -0.1) is 13.2 Å². The Kier molecular flexibility index (Phi) is 4.59. The number of halogens is 3. The molecule has 0 spiro atoms. The summed E-state index contributed by atoms with van der Waals surface area (Å²) in [5, 5.41) is 2.49. The van der Waals surface area contributed by atoms with Crippen LogP contribution >= 0.6 is 0 Å². The Morgan fingerprint density at radius 2 is 2.10 bits per heavy atom. The number of ether oxygens (including phenoxy) is 1. The van der Waals surface area contributed by atoms with Crippen LogP contribution in [0, 0.1) is 5.92 Å². The maximum absolute atomic E-state index is 12.3. The minimum absolute atomic E-state index is 0.0121. The van der Waals surface area contributed by atoms with Crippen LogP contribution in [0.2, 0.25) is 0 Å². The summed E-state index contributed by atoms with van der Waals surface area (Å²) in [5.74, 6) is -0.0189. The summed E-state index contributed by atoms with van der Waals surface area (Å²) in [4.78, 5) is 13.7. The first kappa shape index (κ1) is 15.5. The third-order valence-corrected chi connectivity index (χ3v) is 3.30. The topological polar surface area (TPSA) is 41.6 Å². The Hall–Kier alpha value is -1.92. The van der Waals surface area contributed by atoms with Crippen LogP contribution in [-0.2, 0) is 0 Å². The standard InChI is InChI=1S/C14H17F3N2O2/c1-10-5-4-8-19(9-10)13(20)18-11-6-2-3-7-12(11)21-14(15,16)17/h2-3,6-7,10H,4-5,8-9H2,1H3,(H,18,20). The molecule has 0 aromatic heterocycles. The number of nitrogens with zero attached hydrogens (tertiary/aromatic N) is 1. The molecular formula is C14H17F3N2O2. The average Bonchev–Trinajstić information content (AvgIpc) is 2.39. The number of piperidine rings is 1. The van der Waals surface area contributed by atoms with Crippen LogP contribution in [0.3, 0.4) is 0 Å². The largest absolute Gasteiger partial charge is 0.573 e. The van der Waals surface area contributed by atoms with E-state index in [0.717, 1.165) is 12.8 Å². The molecule has 0 aliphatic carbocycles. The molecule has 0 bridgehead atoms. The Morgan fingerprint density at radius 3 is 2.76 bits per heavy atom. The van der Waals surface area contributed by atoms with Crippen LogP contribution in [0.25, 0.3) is 0 Å². The third kappa shape index (κ3) is 4.54. The van der Waals surface area contributed by atoms with Gasteiger partial charge in [0.2, 0.25) is 0 Å². The third-order valence-electron chi connectivity index (χ3n) is 3.30. The number of hydrogen-bond acceptors (Lipinski definition) is 2. The average molecular weight is 302 g/mol. The van der Waals surface area contributed by atoms with E-state index in [2.05, 4.69) is 10.1 Å². The maximum atomic E-state index is 12.3. The van der Waals surface area contributed by atoms with Crippen molar-refractivity contribution in [1.82, 2.24) is 4.90 Å². The quantitative estimate of drug-likeness (QED) is 0.901. The molecule has 2 amide bonds. The lowest BCUT2D eigenvalue weighted by molar-refractivity contribution is -0.274. The van der Waals surface area contributed by atoms with Gasteiger partial charge in [-0.25, -0.2) is 4.79 Å². The van der Waals surface area contributed by atoms with E-state index >= 15 is 0 Å². The van der Waals surface area contributed by atoms with Crippen molar-refractivity contribution in [3.05, 3.63) is 24.3 Å². The number of hydrogen-bond donors (Lipinski definition) is 1. The van der Waals surface area contributed by atoms with E-state index in [9.17, 15) is 18.0 Å². The number of carbonyl (C=O) groups excluding carboxylic acids is 1. The van der Waals surface area contributed by atoms with E-state index in [1.807, 2.05) is 6.92 Å². The van der Waals surface area contributed by atoms with Crippen LogP contribution in [0.1, 0.15) is 19.8 Å². The number of benzene rings is 1. The Bertz CT molecular complexity index is 505. The van der Waals surface area contributed by atoms with Crippen molar-refractivity contribution in [2.24, 2.45) is 5.92 Å². The summed E-state index contributed by atoms with van der Waals surface area (Å²) in [6.45, 7) is 3.26. The summed E-state index contributed by atoms with van der Waals surface area (Å²) >= 11 is 0. The predicted octanol–water partition coefficient (Wildman–Crippen LogP) is 3.85. The fourth-order valence-electron chi connectivity index (χ4n) is 2.35. The summed E-state index contributed by atoms with van der Waals surface area (Å²) in [7, 11) is 0. The SMILES string of the molecule is CC1CCCN(C(=O)Nc2ccccc2OC(F)(F)F)C1. The van der Waals surface area contributed by atoms with Crippen LogP contribution in [-0.4, -0.2) is 30.4 Å². The number of amides is 2. The molecule has 7 heteroatoms. The van der Waals surface area contributed by atoms with Crippen LogP contribution in [0.15, 0.2) is 24.3 Å². The fraction of sp³-hybridized carbons (Fsp3) is 0.500. The first-order chi connectivity index (χ1) is 9.85. The van der Waals surface area contributed by atoms with E-state index in [1.165, 1.54) is 24.3 Å². The van der Waals surface area contributed by atoms with Crippen molar-refractivity contribution in [3.8, 4) is 5.75 Å². The van der Waals surface area contributed by atoms with Gasteiger partial charge in [-0.3, -0.25) is 0 Å². The van der Waals surface area contributed by atoms with Gasteiger partial charge < -0.3 is 15.0 Å². The zero-order valence-corrected chi connectivity index (χ0v) is 11.6. The molecule has 1 unspecified atom stereocenters. The molecule has 21 heavy (non-hydrogen) atoms. The molecule has 0 saturated carbocycles. The maximum Gasteiger partial charge on any atom is 0.573 e. The van der Waals surface area contributed by atoms with Crippen LogP contribution in [0.4, 0.5) is 23.7 Å². The Morgan fingerprint density at radius 1 is 1.38 bits per heavy atom. The normalized spacial score (nSPS) is 19.2. The van der Waals surface area contributed by atoms with Gasteiger partial charge in [-0.1, -0.05) is 19.1 Å². The van der Waals surface area contributed by atoms with E-state index in [1.54, 1.807) is 4.90 Å². The minimum Gasteiger partial charge on any atom is -0.404 e. The molecule has 0 radical (unpaired) electrons. The second-order valence-corrected chi connectivity index (χ2v) is 5.17. The van der Waals surface area contributed by atoms with E-state index < -0.39 is 18.1 Å². The second kappa shape index (κ2) is 6.24. The molecule has 1 aromatic rings. The van der Waals surface area contributed by atoms with Gasteiger partial charge in [0.05, 0.1) is 5.69 Å². The number of rotatable bonds is 2. The molecule has 1 atom stereocenters. The minimum atomic E-state index is -4.79. The van der Waals surface area contributed by atoms with E-state index in [-0.39, 0.29) is 5.69 Å². The zero-order chi connectivity index (χ0) is 15.5. The highest BCUT2D eigenvalue weighted by molar-refractivity contribution is 5.91. The van der Waals surface area contributed by atoms with Crippen molar-refractivity contribution in [2.75, 3.05) is 18.4 Å². The molecule has 1 saturated heterocycles. The molecule has 4 nitrogen and oxygen atoms in total. The van der Waals surface area contributed by atoms with Crippen molar-refractivity contribution in [3.63, 3.8) is 0 Å². The highest BCUT2D eigenvalue weighted by Crippen LogP contribution is 2.30. The van der Waals surface area contributed by atoms with Crippen molar-refractivity contribution in [1.29, 1.82) is 0 Å².